The Hall–Kier alpha value is -3.30. The van der Waals surface area contributed by atoms with Gasteiger partial charge in [0.05, 0.1) is 12.5 Å². The smallest absolute Gasteiger partial charge is 0.305 e. The fourth-order valence-corrected chi connectivity index (χ4v) is 6.57. The van der Waals surface area contributed by atoms with E-state index < -0.39 is 30.1 Å². The first kappa shape index (κ1) is 29.7. The number of nitrogens with one attached hydrogen (secondary N) is 1. The first-order valence-electron chi connectivity index (χ1n) is 13.8. The summed E-state index contributed by atoms with van der Waals surface area (Å²) >= 11 is 1.52. The van der Waals surface area contributed by atoms with Gasteiger partial charge in [-0.1, -0.05) is 38.1 Å². The molecule has 0 saturated carbocycles. The number of hydrogen-bond acceptors (Lipinski definition) is 5. The first-order valence-corrected chi connectivity index (χ1v) is 14.6. The third-order valence-electron chi connectivity index (χ3n) is 7.40. The van der Waals surface area contributed by atoms with Gasteiger partial charge in [-0.05, 0) is 71.9 Å². The van der Waals surface area contributed by atoms with E-state index in [1.165, 1.54) is 22.0 Å². The summed E-state index contributed by atoms with van der Waals surface area (Å²) < 4.78 is 15.1. The molecule has 40 heavy (non-hydrogen) atoms. The summed E-state index contributed by atoms with van der Waals surface area (Å²) in [6.07, 6.45) is 1.47. The highest BCUT2D eigenvalue weighted by Gasteiger charge is 2.28. The van der Waals surface area contributed by atoms with Crippen LogP contribution in [0.1, 0.15) is 67.4 Å². The number of aromatic nitrogens is 1. The second-order valence-corrected chi connectivity index (χ2v) is 12.1. The number of alkyl halides is 1. The maximum absolute atomic E-state index is 13.8. The van der Waals surface area contributed by atoms with Crippen molar-refractivity contribution in [3.05, 3.63) is 80.6 Å². The molecule has 2 N–H and O–H groups in total. The molecule has 214 valence electrons. The van der Waals surface area contributed by atoms with Crippen LogP contribution in [0.4, 0.5) is 4.39 Å². The number of carboxylic acid groups (broad SMARTS) is 1. The number of nitrogens with zero attached hydrogens (tertiary/aromatic N) is 2. The normalized spacial score (nSPS) is 17.2. The minimum atomic E-state index is -1.03. The summed E-state index contributed by atoms with van der Waals surface area (Å²) in [7, 11) is 0. The lowest BCUT2D eigenvalue weighted by atomic mass is 9.98. The van der Waals surface area contributed by atoms with E-state index in [4.69, 9.17) is 0 Å². The van der Waals surface area contributed by atoms with E-state index in [2.05, 4.69) is 5.32 Å². The number of hydrogen-bond donors (Lipinski definition) is 2. The number of aryl methyl sites for hydroxylation is 2. The monoisotopic (exact) mass is 567 g/mol. The highest BCUT2D eigenvalue weighted by molar-refractivity contribution is 7.13. The van der Waals surface area contributed by atoms with Gasteiger partial charge in [-0.25, -0.2) is 4.39 Å². The molecule has 1 amide bonds. The molecular weight excluding hydrogens is 529 g/mol. The molecule has 7 nitrogen and oxygen atoms in total. The van der Waals surface area contributed by atoms with E-state index >= 15 is 0 Å². The molecule has 3 aromatic rings. The van der Waals surface area contributed by atoms with Gasteiger partial charge >= 0.3 is 5.97 Å². The van der Waals surface area contributed by atoms with E-state index in [1.54, 1.807) is 12.3 Å². The van der Waals surface area contributed by atoms with Gasteiger partial charge in [0.2, 0.25) is 5.91 Å². The van der Waals surface area contributed by atoms with Crippen LogP contribution in [0.25, 0.3) is 10.4 Å². The fourth-order valence-electron chi connectivity index (χ4n) is 5.43. The average molecular weight is 568 g/mol. The van der Waals surface area contributed by atoms with Gasteiger partial charge in [0.25, 0.3) is 5.56 Å². The number of benzene rings is 1. The lowest BCUT2D eigenvalue weighted by Crippen LogP contribution is -2.40. The Morgan fingerprint density at radius 1 is 1.18 bits per heavy atom. The Morgan fingerprint density at radius 3 is 2.52 bits per heavy atom. The number of likely N-dealkylation sites (tertiary alicyclic amines) is 1. The average Bonchev–Trinajstić information content (AvgIpc) is 3.52. The lowest BCUT2D eigenvalue weighted by Gasteiger charge is -2.25. The van der Waals surface area contributed by atoms with E-state index in [1.807, 2.05) is 62.2 Å². The van der Waals surface area contributed by atoms with Crippen molar-refractivity contribution < 1.29 is 19.1 Å². The number of pyridine rings is 1. The summed E-state index contributed by atoms with van der Waals surface area (Å²) in [6.45, 7) is 9.54. The largest absolute Gasteiger partial charge is 0.481 e. The van der Waals surface area contributed by atoms with Crippen molar-refractivity contribution in [3.8, 4) is 10.4 Å². The molecule has 1 aliphatic heterocycles. The molecule has 2 unspecified atom stereocenters. The van der Waals surface area contributed by atoms with Crippen molar-refractivity contribution in [2.75, 3.05) is 13.1 Å². The molecule has 0 radical (unpaired) electrons. The molecule has 3 atom stereocenters. The van der Waals surface area contributed by atoms with Gasteiger partial charge in [-0.15, -0.1) is 11.3 Å². The van der Waals surface area contributed by atoms with Crippen molar-refractivity contribution in [3.63, 3.8) is 0 Å². The molecule has 1 saturated heterocycles. The summed E-state index contributed by atoms with van der Waals surface area (Å²) in [4.78, 5) is 41.6. The number of carboxylic acids is 1. The lowest BCUT2D eigenvalue weighted by molar-refractivity contribution is -0.138. The van der Waals surface area contributed by atoms with Crippen LogP contribution in [0.2, 0.25) is 0 Å². The number of carbonyl (C=O) groups is 2. The summed E-state index contributed by atoms with van der Waals surface area (Å²) in [6, 6.07) is 9.65. The predicted molar refractivity (Wildman–Crippen MR) is 156 cm³/mol. The Balaban J connectivity index is 1.61. The van der Waals surface area contributed by atoms with Crippen molar-refractivity contribution in [2.24, 2.45) is 5.92 Å². The number of thiophene rings is 1. The molecular formula is C31H38FN3O4S. The minimum absolute atomic E-state index is 0.104. The zero-order valence-corrected chi connectivity index (χ0v) is 24.3. The van der Waals surface area contributed by atoms with Crippen LogP contribution >= 0.6 is 11.3 Å². The molecule has 3 heterocycles. The molecule has 1 aromatic carbocycles. The topological polar surface area (TPSA) is 91.6 Å². The fraction of sp³-hybridized carbons (Fsp3) is 0.452. The highest BCUT2D eigenvalue weighted by Crippen LogP contribution is 2.35. The Labute approximate surface area is 238 Å². The molecule has 2 aromatic heterocycles. The van der Waals surface area contributed by atoms with Gasteiger partial charge in [0, 0.05) is 36.8 Å². The van der Waals surface area contributed by atoms with Gasteiger partial charge < -0.3 is 15.0 Å². The number of halogens is 1. The minimum Gasteiger partial charge on any atom is -0.481 e. The van der Waals surface area contributed by atoms with Crippen LogP contribution in [0, 0.1) is 19.8 Å². The summed E-state index contributed by atoms with van der Waals surface area (Å²) in [5.74, 6) is -1.32. The number of amides is 1. The molecule has 0 bridgehead atoms. The third kappa shape index (κ3) is 7.26. The zero-order valence-electron chi connectivity index (χ0n) is 23.5. The number of aliphatic carboxylic acids is 1. The molecule has 9 heteroatoms. The van der Waals surface area contributed by atoms with E-state index in [-0.39, 0.29) is 17.9 Å². The van der Waals surface area contributed by atoms with Gasteiger partial charge in [0.1, 0.15) is 12.2 Å². The molecule has 1 aliphatic rings. The molecule has 0 aliphatic carbocycles. The van der Waals surface area contributed by atoms with Crippen LogP contribution in [0.5, 0.6) is 0 Å². The molecule has 4 rings (SSSR count). The Kier molecular flexibility index (Phi) is 9.58. The van der Waals surface area contributed by atoms with Crippen molar-refractivity contribution in [1.82, 2.24) is 14.8 Å². The van der Waals surface area contributed by atoms with Crippen LogP contribution in [-0.2, 0) is 16.1 Å². The van der Waals surface area contributed by atoms with Crippen LogP contribution in [0.15, 0.2) is 52.8 Å². The summed E-state index contributed by atoms with van der Waals surface area (Å²) in [5.41, 5.74) is 4.60. The second-order valence-electron chi connectivity index (χ2n) is 11.2. The maximum Gasteiger partial charge on any atom is 0.305 e. The molecule has 1 fully saturated rings. The SMILES string of the molecule is Cc1cccc(C)c1-c1cc(C(CC(=O)O)NC(=O)C(CC(C)C)n2cc(CN3CC[C@@H](F)C3)ccc2=O)cs1. The second kappa shape index (κ2) is 12.9. The molecule has 0 spiro atoms. The quantitative estimate of drug-likeness (QED) is 0.312. The maximum atomic E-state index is 13.8. The van der Waals surface area contributed by atoms with Gasteiger partial charge in [-0.3, -0.25) is 19.3 Å². The first-order chi connectivity index (χ1) is 19.0. The van der Waals surface area contributed by atoms with Crippen molar-refractivity contribution in [2.45, 2.75) is 71.8 Å². The van der Waals surface area contributed by atoms with Crippen LogP contribution in [0.3, 0.4) is 0 Å². The predicted octanol–water partition coefficient (Wildman–Crippen LogP) is 5.66. The highest BCUT2D eigenvalue weighted by atomic mass is 32.1. The van der Waals surface area contributed by atoms with E-state index in [0.717, 1.165) is 32.7 Å². The zero-order chi connectivity index (χ0) is 29.0. The Bertz CT molecular complexity index is 1400. The van der Waals surface area contributed by atoms with E-state index in [9.17, 15) is 23.9 Å². The number of rotatable bonds is 11. The van der Waals surface area contributed by atoms with E-state index in [0.29, 0.717) is 32.5 Å². The van der Waals surface area contributed by atoms with Crippen molar-refractivity contribution >= 4 is 23.2 Å². The van der Waals surface area contributed by atoms with Crippen LogP contribution < -0.4 is 10.9 Å². The summed E-state index contributed by atoms with van der Waals surface area (Å²) in [5, 5.41) is 14.5. The van der Waals surface area contributed by atoms with Gasteiger partial charge in [0.15, 0.2) is 0 Å². The Morgan fingerprint density at radius 2 is 1.90 bits per heavy atom. The standard InChI is InChI=1S/C31H38FN3O4S/c1-19(2)12-26(35-16-22(8-9-28(35)36)15-34-11-10-24(32)17-34)31(39)33-25(14-29(37)38)23-13-27(40-18-23)30-20(3)6-5-7-21(30)4/h5-9,13,16,18-19,24-26H,10-12,14-15,17H2,1-4H3,(H,33,39)(H,37,38)/t24-,25?,26?/m1/s1. The van der Waals surface area contributed by atoms with Crippen LogP contribution in [-0.4, -0.2) is 45.7 Å². The van der Waals surface area contributed by atoms with Crippen molar-refractivity contribution in [1.29, 1.82) is 0 Å². The number of carbonyl (C=O) groups excluding carboxylic acids is 1. The third-order valence-corrected chi connectivity index (χ3v) is 8.36. The van der Waals surface area contributed by atoms with Gasteiger partial charge in [-0.2, -0.15) is 0 Å².